The number of carbonyl (C=O) groups excluding carboxylic acids is 1. The van der Waals surface area contributed by atoms with Crippen molar-refractivity contribution in [2.45, 2.75) is 26.2 Å². The van der Waals surface area contributed by atoms with Gasteiger partial charge < -0.3 is 11.1 Å². The van der Waals surface area contributed by atoms with Crippen molar-refractivity contribution in [3.8, 4) is 0 Å². The van der Waals surface area contributed by atoms with E-state index in [-0.39, 0.29) is 11.3 Å². The molecule has 0 radical (unpaired) electrons. The van der Waals surface area contributed by atoms with Crippen LogP contribution >= 0.6 is 23.1 Å². The Kier molecular flexibility index (Phi) is 3.96. The number of rotatable bonds is 2. The van der Waals surface area contributed by atoms with E-state index in [4.69, 9.17) is 17.3 Å². The zero-order valence-corrected chi connectivity index (χ0v) is 13.0. The number of hydrogen-bond donors (Lipinski definition) is 2. The first-order valence-corrected chi connectivity index (χ1v) is 7.13. The molecule has 1 heterocycles. The Balaban J connectivity index is 2.30. The van der Waals surface area contributed by atoms with E-state index in [1.807, 2.05) is 20.8 Å². The normalized spacial score (nSPS) is 11.4. The lowest BCUT2D eigenvalue weighted by atomic mass is 9.91. The van der Waals surface area contributed by atoms with E-state index in [0.717, 1.165) is 11.5 Å². The van der Waals surface area contributed by atoms with Crippen molar-refractivity contribution in [3.63, 3.8) is 0 Å². The first-order valence-electron chi connectivity index (χ1n) is 5.98. The molecular weight excluding hydrogens is 296 g/mol. The number of halogens is 1. The van der Waals surface area contributed by atoms with Gasteiger partial charge in [0.05, 0.1) is 17.1 Å². The Morgan fingerprint density at radius 2 is 2.10 bits per heavy atom. The van der Waals surface area contributed by atoms with Crippen molar-refractivity contribution < 1.29 is 4.79 Å². The summed E-state index contributed by atoms with van der Waals surface area (Å²) in [5, 5.41) is 7.30. The number of aromatic nitrogens is 2. The molecule has 0 unspecified atom stereocenters. The number of nitrogens with two attached hydrogens (primary N) is 1. The molecular formula is C13H15ClN4OS. The van der Waals surface area contributed by atoms with E-state index >= 15 is 0 Å². The molecule has 7 heteroatoms. The molecule has 20 heavy (non-hydrogen) atoms. The summed E-state index contributed by atoms with van der Waals surface area (Å²) in [6.45, 7) is 5.94. The second-order valence-electron chi connectivity index (χ2n) is 5.39. The molecule has 5 nitrogen and oxygen atoms in total. The highest BCUT2D eigenvalue weighted by molar-refractivity contribution is 7.08. The fraction of sp³-hybridized carbons (Fsp3) is 0.308. The summed E-state index contributed by atoms with van der Waals surface area (Å²) in [6, 6.07) is 4.93. The smallest absolute Gasteiger partial charge is 0.269 e. The van der Waals surface area contributed by atoms with Crippen molar-refractivity contribution >= 4 is 40.4 Å². The Morgan fingerprint density at radius 1 is 1.40 bits per heavy atom. The minimum absolute atomic E-state index is 0.250. The number of carbonyl (C=O) groups is 1. The number of anilines is 2. The van der Waals surface area contributed by atoms with Gasteiger partial charge >= 0.3 is 0 Å². The minimum atomic E-state index is -0.279. The van der Waals surface area contributed by atoms with Gasteiger partial charge in [0.1, 0.15) is 4.88 Å². The van der Waals surface area contributed by atoms with Crippen LogP contribution in [0.4, 0.5) is 11.4 Å². The SMILES string of the molecule is CC(C)(C)c1nnsc1C(=O)Nc1cc(Cl)ccc1N. The summed E-state index contributed by atoms with van der Waals surface area (Å²) in [4.78, 5) is 12.8. The monoisotopic (exact) mass is 310 g/mol. The van der Waals surface area contributed by atoms with Crippen molar-refractivity contribution in [1.82, 2.24) is 9.59 Å². The van der Waals surface area contributed by atoms with E-state index in [0.29, 0.717) is 27.0 Å². The fourth-order valence-electron chi connectivity index (χ4n) is 1.65. The molecule has 3 N–H and O–H groups in total. The van der Waals surface area contributed by atoms with Crippen LogP contribution in [0.3, 0.4) is 0 Å². The molecule has 0 aliphatic heterocycles. The van der Waals surface area contributed by atoms with Gasteiger partial charge in [-0.3, -0.25) is 4.79 Å². The highest BCUT2D eigenvalue weighted by atomic mass is 35.5. The lowest BCUT2D eigenvalue weighted by Crippen LogP contribution is -2.20. The van der Waals surface area contributed by atoms with Crippen molar-refractivity contribution in [3.05, 3.63) is 33.8 Å². The second-order valence-corrected chi connectivity index (χ2v) is 6.58. The van der Waals surface area contributed by atoms with Gasteiger partial charge in [-0.25, -0.2) is 0 Å². The topological polar surface area (TPSA) is 80.9 Å². The van der Waals surface area contributed by atoms with Gasteiger partial charge in [0.15, 0.2) is 0 Å². The van der Waals surface area contributed by atoms with Crippen LogP contribution in [0.15, 0.2) is 18.2 Å². The van der Waals surface area contributed by atoms with Crippen LogP contribution in [0.5, 0.6) is 0 Å². The third-order valence-corrected chi connectivity index (χ3v) is 3.63. The van der Waals surface area contributed by atoms with E-state index in [1.165, 1.54) is 0 Å². The maximum Gasteiger partial charge on any atom is 0.269 e. The molecule has 0 atom stereocenters. The molecule has 2 rings (SSSR count). The minimum Gasteiger partial charge on any atom is -0.397 e. The maximum atomic E-state index is 12.3. The lowest BCUT2D eigenvalue weighted by Gasteiger charge is -2.16. The number of benzene rings is 1. The zero-order chi connectivity index (χ0) is 14.9. The third-order valence-electron chi connectivity index (χ3n) is 2.67. The number of nitrogen functional groups attached to an aromatic ring is 1. The Labute approximate surface area is 126 Å². The van der Waals surface area contributed by atoms with Crippen LogP contribution in [-0.4, -0.2) is 15.5 Å². The van der Waals surface area contributed by atoms with Gasteiger partial charge in [0.25, 0.3) is 5.91 Å². The van der Waals surface area contributed by atoms with Gasteiger partial charge in [-0.15, -0.1) is 5.10 Å². The summed E-state index contributed by atoms with van der Waals surface area (Å²) in [5.74, 6) is -0.279. The summed E-state index contributed by atoms with van der Waals surface area (Å²) >= 11 is 6.97. The molecule has 0 saturated heterocycles. The third kappa shape index (κ3) is 3.08. The van der Waals surface area contributed by atoms with E-state index in [2.05, 4.69) is 14.9 Å². The number of nitrogens with one attached hydrogen (secondary N) is 1. The van der Waals surface area contributed by atoms with Gasteiger partial charge in [0, 0.05) is 10.4 Å². The average Bonchev–Trinajstić information content (AvgIpc) is 2.82. The van der Waals surface area contributed by atoms with Gasteiger partial charge in [-0.2, -0.15) is 0 Å². The summed E-state index contributed by atoms with van der Waals surface area (Å²) in [6.07, 6.45) is 0. The van der Waals surface area contributed by atoms with Crippen LogP contribution in [0.1, 0.15) is 36.1 Å². The first-order chi connectivity index (χ1) is 9.29. The summed E-state index contributed by atoms with van der Waals surface area (Å²) < 4.78 is 3.86. The maximum absolute atomic E-state index is 12.3. The van der Waals surface area contributed by atoms with Crippen LogP contribution in [0.2, 0.25) is 5.02 Å². The average molecular weight is 311 g/mol. The molecule has 0 bridgehead atoms. The first kappa shape index (κ1) is 14.7. The van der Waals surface area contributed by atoms with Crippen molar-refractivity contribution in [1.29, 1.82) is 0 Å². The molecule has 1 aromatic heterocycles. The van der Waals surface area contributed by atoms with Crippen LogP contribution < -0.4 is 11.1 Å². The molecule has 106 valence electrons. The van der Waals surface area contributed by atoms with Gasteiger partial charge in [0.2, 0.25) is 0 Å². The van der Waals surface area contributed by atoms with Gasteiger partial charge in [-0.05, 0) is 29.7 Å². The Morgan fingerprint density at radius 3 is 2.75 bits per heavy atom. The largest absolute Gasteiger partial charge is 0.397 e. The Bertz CT molecular complexity index is 648. The van der Waals surface area contributed by atoms with Crippen LogP contribution in [-0.2, 0) is 5.41 Å². The van der Waals surface area contributed by atoms with Crippen LogP contribution in [0, 0.1) is 0 Å². The molecule has 1 aromatic carbocycles. The van der Waals surface area contributed by atoms with Crippen molar-refractivity contribution in [2.24, 2.45) is 0 Å². The van der Waals surface area contributed by atoms with Crippen LogP contribution in [0.25, 0.3) is 0 Å². The summed E-state index contributed by atoms with van der Waals surface area (Å²) in [5.41, 5.74) is 7.17. The molecule has 1 amide bonds. The predicted molar refractivity (Wildman–Crippen MR) is 82.4 cm³/mol. The van der Waals surface area contributed by atoms with E-state index < -0.39 is 0 Å². The predicted octanol–water partition coefficient (Wildman–Crippen LogP) is 3.32. The number of amides is 1. The van der Waals surface area contributed by atoms with Crippen molar-refractivity contribution in [2.75, 3.05) is 11.1 Å². The molecule has 0 aliphatic carbocycles. The zero-order valence-electron chi connectivity index (χ0n) is 11.4. The molecule has 0 aliphatic rings. The highest BCUT2D eigenvalue weighted by Crippen LogP contribution is 2.28. The quantitative estimate of drug-likeness (QED) is 0.834. The molecule has 0 spiro atoms. The molecule has 0 fully saturated rings. The number of hydrogen-bond acceptors (Lipinski definition) is 5. The molecule has 0 saturated carbocycles. The lowest BCUT2D eigenvalue weighted by molar-refractivity contribution is 0.102. The van der Waals surface area contributed by atoms with Gasteiger partial charge in [-0.1, -0.05) is 36.9 Å². The standard InChI is InChI=1S/C13H15ClN4OS/c1-13(2,3)11-10(20-18-17-11)12(19)16-9-6-7(14)4-5-8(9)15/h4-6H,15H2,1-3H3,(H,16,19). The number of nitrogens with zero attached hydrogens (tertiary/aromatic N) is 2. The highest BCUT2D eigenvalue weighted by Gasteiger charge is 2.26. The second kappa shape index (κ2) is 5.38. The fourth-order valence-corrected chi connectivity index (χ4v) is 2.59. The molecule has 2 aromatic rings. The summed E-state index contributed by atoms with van der Waals surface area (Å²) in [7, 11) is 0. The Hall–Kier alpha value is -1.66. The van der Waals surface area contributed by atoms with E-state index in [1.54, 1.807) is 18.2 Å². The van der Waals surface area contributed by atoms with E-state index in [9.17, 15) is 4.79 Å².